The van der Waals surface area contributed by atoms with Gasteiger partial charge in [0.05, 0.1) is 0 Å². The first kappa shape index (κ1) is 29.3. The van der Waals surface area contributed by atoms with E-state index in [9.17, 15) is 35.7 Å². The van der Waals surface area contributed by atoms with Crippen LogP contribution in [-0.4, -0.2) is 35.7 Å². The second-order valence-electron chi connectivity index (χ2n) is 12.7. The second-order valence-corrected chi connectivity index (χ2v) is 12.7. The van der Waals surface area contributed by atoms with Crippen LogP contribution in [0.5, 0.6) is 40.2 Å². The second kappa shape index (κ2) is 10.6. The summed E-state index contributed by atoms with van der Waals surface area (Å²) in [6.07, 6.45) is -0.144. The van der Waals surface area contributed by atoms with Gasteiger partial charge in [0.25, 0.3) is 0 Å². The maximum absolute atomic E-state index is 11.8. The molecule has 0 radical (unpaired) electrons. The Morgan fingerprint density at radius 1 is 0.300 bits per heavy atom. The topological polar surface area (TPSA) is 142 Å². The van der Waals surface area contributed by atoms with E-state index in [0.29, 0.717) is 11.1 Å². The van der Waals surface area contributed by atoms with Crippen molar-refractivity contribution in [3.8, 4) is 84.8 Å². The molecule has 0 bridgehead atoms. The summed E-state index contributed by atoms with van der Waals surface area (Å²) in [5.41, 5.74) is 4.68. The highest BCUT2D eigenvalue weighted by molar-refractivity contribution is 6.23. The van der Waals surface area contributed by atoms with E-state index in [-0.39, 0.29) is 28.7 Å². The zero-order chi connectivity index (χ0) is 34.4. The average Bonchev–Trinajstić information content (AvgIpc) is 3.56. The summed E-state index contributed by atoms with van der Waals surface area (Å²) in [5.74, 6) is -5.47. The highest BCUT2D eigenvalue weighted by atomic mass is 16.3. The Bertz CT molecular complexity index is 2750. The normalized spacial score (nSPS) is 12.1. The summed E-state index contributed by atoms with van der Waals surface area (Å²) in [6.45, 7) is 0. The van der Waals surface area contributed by atoms with Crippen LogP contribution in [0.1, 0.15) is 11.1 Å². The minimum Gasteiger partial charge on any atom is -0.504 e. The molecule has 1 aliphatic carbocycles. The monoisotopic (exact) mass is 656 g/mol. The van der Waals surface area contributed by atoms with E-state index in [1.807, 2.05) is 66.7 Å². The number of phenolic OH excluding ortho intramolecular Hbond substituents is 7. The summed E-state index contributed by atoms with van der Waals surface area (Å²) < 4.78 is 0. The van der Waals surface area contributed by atoms with Gasteiger partial charge in [0.2, 0.25) is 17.2 Å². The van der Waals surface area contributed by atoms with Gasteiger partial charge < -0.3 is 35.7 Å². The molecule has 9 rings (SSSR count). The lowest BCUT2D eigenvalue weighted by atomic mass is 9.82. The maximum atomic E-state index is 11.8. The number of aromatic hydroxyl groups is 7. The van der Waals surface area contributed by atoms with Crippen molar-refractivity contribution in [2.24, 2.45) is 0 Å². The van der Waals surface area contributed by atoms with Gasteiger partial charge in [-0.05, 0) is 72.3 Å². The fourth-order valence-electron chi connectivity index (χ4n) is 7.75. The van der Waals surface area contributed by atoms with Crippen molar-refractivity contribution < 1.29 is 35.7 Å². The summed E-state index contributed by atoms with van der Waals surface area (Å²) >= 11 is 0. The predicted octanol–water partition coefficient (Wildman–Crippen LogP) is 9.66. The van der Waals surface area contributed by atoms with Crippen LogP contribution in [0.25, 0.3) is 76.8 Å². The smallest absolute Gasteiger partial charge is 0.204 e. The predicted molar refractivity (Wildman–Crippen MR) is 195 cm³/mol. The lowest BCUT2D eigenvalue weighted by Gasteiger charge is -2.22. The SMILES string of the molecule is Oc1c(O)c(O)c2c(c1O)Cc1c-2c(O)c(O)c(O)c1-c1c2ccccc2c(-c2ccccc2)c2ccc(-c3ccc4ccccc4c3)cc12. The van der Waals surface area contributed by atoms with Gasteiger partial charge in [-0.2, -0.15) is 0 Å². The Morgan fingerprint density at radius 2 is 0.800 bits per heavy atom. The summed E-state index contributed by atoms with van der Waals surface area (Å²) in [4.78, 5) is 0. The first-order chi connectivity index (χ1) is 24.2. The zero-order valence-electron chi connectivity index (χ0n) is 26.3. The van der Waals surface area contributed by atoms with Crippen LogP contribution >= 0.6 is 0 Å². The Kier molecular flexibility index (Phi) is 6.19. The molecule has 0 fully saturated rings. The fraction of sp³-hybridized carbons (Fsp3) is 0.0233. The van der Waals surface area contributed by atoms with Gasteiger partial charge in [-0.1, -0.05) is 103 Å². The molecule has 242 valence electrons. The van der Waals surface area contributed by atoms with Crippen LogP contribution in [0.2, 0.25) is 0 Å². The van der Waals surface area contributed by atoms with Gasteiger partial charge in [-0.25, -0.2) is 0 Å². The van der Waals surface area contributed by atoms with Crippen molar-refractivity contribution in [3.63, 3.8) is 0 Å². The van der Waals surface area contributed by atoms with Gasteiger partial charge in [-0.3, -0.25) is 0 Å². The van der Waals surface area contributed by atoms with Crippen LogP contribution in [0.15, 0.2) is 115 Å². The highest BCUT2D eigenvalue weighted by Gasteiger charge is 2.38. The van der Waals surface area contributed by atoms with E-state index < -0.39 is 40.2 Å². The minimum absolute atomic E-state index is 0.0284. The zero-order valence-corrected chi connectivity index (χ0v) is 26.3. The maximum Gasteiger partial charge on any atom is 0.204 e. The molecule has 7 N–H and O–H groups in total. The van der Waals surface area contributed by atoms with E-state index in [1.165, 1.54) is 0 Å². The van der Waals surface area contributed by atoms with Crippen molar-refractivity contribution in [1.82, 2.24) is 0 Å². The van der Waals surface area contributed by atoms with Crippen LogP contribution in [0, 0.1) is 0 Å². The molecule has 0 amide bonds. The first-order valence-corrected chi connectivity index (χ1v) is 16.1. The number of fused-ring (bicyclic) bond motifs is 6. The van der Waals surface area contributed by atoms with Crippen molar-refractivity contribution in [2.75, 3.05) is 0 Å². The summed E-state index contributed by atoms with van der Waals surface area (Å²) in [5, 5.41) is 82.5. The molecular formula is C43H28O7. The van der Waals surface area contributed by atoms with Crippen molar-refractivity contribution in [2.45, 2.75) is 6.42 Å². The van der Waals surface area contributed by atoms with E-state index >= 15 is 0 Å². The van der Waals surface area contributed by atoms with Gasteiger partial charge in [0.1, 0.15) is 0 Å². The Labute approximate surface area is 285 Å². The van der Waals surface area contributed by atoms with E-state index in [4.69, 9.17) is 0 Å². The van der Waals surface area contributed by atoms with Gasteiger partial charge in [0.15, 0.2) is 23.0 Å². The molecule has 0 atom stereocenters. The molecule has 7 heteroatoms. The van der Waals surface area contributed by atoms with Crippen LogP contribution in [0.3, 0.4) is 0 Å². The van der Waals surface area contributed by atoms with Crippen LogP contribution in [0.4, 0.5) is 0 Å². The Hall–Kier alpha value is -6.86. The highest BCUT2D eigenvalue weighted by Crippen LogP contribution is 2.63. The number of hydrogen-bond donors (Lipinski definition) is 7. The molecule has 7 nitrogen and oxygen atoms in total. The molecular weight excluding hydrogens is 628 g/mol. The molecule has 0 spiro atoms. The van der Waals surface area contributed by atoms with Gasteiger partial charge in [0, 0.05) is 34.2 Å². The van der Waals surface area contributed by atoms with Gasteiger partial charge in [-0.15, -0.1) is 0 Å². The lowest BCUT2D eigenvalue weighted by molar-refractivity contribution is 0.345. The molecule has 0 aromatic heterocycles. The molecule has 0 aliphatic heterocycles. The minimum atomic E-state index is -0.967. The molecule has 8 aromatic rings. The number of phenols is 7. The number of benzene rings is 8. The standard InChI is InChI=1S/C43H28O7/c44-37-31-20-30-34(38(45)42(49)39(46)35(30)36(31)40(47)43(50)41(37)48)33-27-13-7-6-12-26(27)32(22-9-2-1-3-10-22)28-17-16-25(19-29(28)33)24-15-14-21-8-4-5-11-23(21)18-24/h1-19,44-50H,20H2. The number of hydrogen-bond acceptors (Lipinski definition) is 7. The fourth-order valence-corrected chi connectivity index (χ4v) is 7.75. The van der Waals surface area contributed by atoms with Crippen molar-refractivity contribution in [3.05, 3.63) is 126 Å². The average molecular weight is 657 g/mol. The molecule has 0 unspecified atom stereocenters. The quantitative estimate of drug-likeness (QED) is 0.0570. The van der Waals surface area contributed by atoms with E-state index in [0.717, 1.165) is 54.6 Å². The molecule has 50 heavy (non-hydrogen) atoms. The molecule has 0 saturated heterocycles. The first-order valence-electron chi connectivity index (χ1n) is 16.1. The molecule has 8 aromatic carbocycles. The van der Waals surface area contributed by atoms with Crippen molar-refractivity contribution in [1.29, 1.82) is 0 Å². The molecule has 1 aliphatic rings. The van der Waals surface area contributed by atoms with E-state index in [2.05, 4.69) is 48.5 Å². The molecule has 0 heterocycles. The third-order valence-corrected chi connectivity index (χ3v) is 10.0. The Morgan fingerprint density at radius 3 is 1.52 bits per heavy atom. The van der Waals surface area contributed by atoms with Crippen LogP contribution < -0.4 is 0 Å². The lowest BCUT2D eigenvalue weighted by Crippen LogP contribution is -1.96. The number of rotatable bonds is 3. The van der Waals surface area contributed by atoms with Crippen molar-refractivity contribution >= 4 is 32.3 Å². The Balaban J connectivity index is 1.45. The van der Waals surface area contributed by atoms with Crippen LogP contribution in [-0.2, 0) is 6.42 Å². The third kappa shape index (κ3) is 3.97. The van der Waals surface area contributed by atoms with E-state index in [1.54, 1.807) is 0 Å². The van der Waals surface area contributed by atoms with Gasteiger partial charge >= 0.3 is 0 Å². The third-order valence-electron chi connectivity index (χ3n) is 10.0. The summed E-state index contributed by atoms with van der Waals surface area (Å²) in [6, 6.07) is 38.3. The largest absolute Gasteiger partial charge is 0.504 e. The molecule has 0 saturated carbocycles. The summed E-state index contributed by atoms with van der Waals surface area (Å²) in [7, 11) is 0.